The van der Waals surface area contributed by atoms with Crippen molar-refractivity contribution >= 4 is 17.7 Å². The molecule has 2 N–H and O–H groups in total. The van der Waals surface area contributed by atoms with E-state index in [4.69, 9.17) is 4.42 Å². The molecule has 0 spiro atoms. The normalized spacial score (nSPS) is 21.0. The zero-order chi connectivity index (χ0) is 15.6. The number of thioether (sulfide) groups is 1. The molecule has 0 saturated carbocycles. The largest absolute Gasteiger partial charge is 0.444 e. The minimum Gasteiger partial charge on any atom is -0.444 e. The Morgan fingerprint density at radius 3 is 2.91 bits per heavy atom. The lowest BCUT2D eigenvalue weighted by Crippen LogP contribution is -2.46. The number of aromatic nitrogens is 1. The quantitative estimate of drug-likeness (QED) is 0.903. The van der Waals surface area contributed by atoms with Crippen molar-refractivity contribution in [3.05, 3.63) is 41.8 Å². The molecule has 1 aliphatic heterocycles. The maximum Gasteiger partial charge on any atom is 0.253 e. The predicted molar refractivity (Wildman–Crippen MR) is 85.4 cm³/mol. The number of carbonyl (C=O) groups is 1. The summed E-state index contributed by atoms with van der Waals surface area (Å²) < 4.78 is 5.44. The van der Waals surface area contributed by atoms with Crippen molar-refractivity contribution in [1.29, 1.82) is 0 Å². The zero-order valence-electron chi connectivity index (χ0n) is 12.3. The van der Waals surface area contributed by atoms with E-state index < -0.39 is 5.60 Å². The Hall–Kier alpha value is -1.79. The summed E-state index contributed by atoms with van der Waals surface area (Å²) in [6.45, 7) is 2.27. The number of benzene rings is 1. The Morgan fingerprint density at radius 1 is 1.45 bits per heavy atom. The van der Waals surface area contributed by atoms with Gasteiger partial charge in [-0.1, -0.05) is 17.7 Å². The van der Waals surface area contributed by atoms with E-state index in [2.05, 4.69) is 10.3 Å². The fourth-order valence-electron chi connectivity index (χ4n) is 2.29. The van der Waals surface area contributed by atoms with Gasteiger partial charge in [-0.25, -0.2) is 4.98 Å². The van der Waals surface area contributed by atoms with Gasteiger partial charge in [0, 0.05) is 11.3 Å². The highest BCUT2D eigenvalue weighted by atomic mass is 32.2. The lowest BCUT2D eigenvalue weighted by Gasteiger charge is -2.19. The predicted octanol–water partition coefficient (Wildman–Crippen LogP) is 2.13. The van der Waals surface area contributed by atoms with Gasteiger partial charge in [0.05, 0.1) is 12.2 Å². The summed E-state index contributed by atoms with van der Waals surface area (Å²) >= 11 is 1.59. The number of aliphatic hydroxyl groups is 1. The minimum atomic E-state index is -1.24. The summed E-state index contributed by atoms with van der Waals surface area (Å²) in [6.07, 6.45) is 2.03. The number of nitrogens with zero attached hydrogens (tertiary/aromatic N) is 1. The molecule has 5 nitrogen and oxygen atoms in total. The van der Waals surface area contributed by atoms with Crippen molar-refractivity contribution in [1.82, 2.24) is 10.3 Å². The van der Waals surface area contributed by atoms with Gasteiger partial charge < -0.3 is 14.8 Å². The number of hydrogen-bond acceptors (Lipinski definition) is 5. The summed E-state index contributed by atoms with van der Waals surface area (Å²) in [5, 5.41) is 12.9. The van der Waals surface area contributed by atoms with Crippen LogP contribution in [0.4, 0.5) is 0 Å². The molecule has 2 heterocycles. The number of aryl methyl sites for hydroxylation is 1. The average Bonchev–Trinajstić information content (AvgIpc) is 3.15. The van der Waals surface area contributed by atoms with Crippen LogP contribution in [0.25, 0.3) is 11.5 Å². The van der Waals surface area contributed by atoms with Crippen molar-refractivity contribution in [3.63, 3.8) is 0 Å². The summed E-state index contributed by atoms with van der Waals surface area (Å²) in [5.74, 6) is 1.45. The van der Waals surface area contributed by atoms with Gasteiger partial charge in [0.25, 0.3) is 5.91 Å². The first-order valence-electron chi connectivity index (χ1n) is 7.17. The standard InChI is InChI=1S/C16H18N2O3S/c1-11-2-4-12(5-3-11)14-18-13(9-21-14)8-17-15(19)16(20)6-7-22-10-16/h2-5,9,20H,6-8,10H2,1H3,(H,17,19). The first kappa shape index (κ1) is 15.1. The van der Waals surface area contributed by atoms with E-state index in [-0.39, 0.29) is 12.5 Å². The Bertz CT molecular complexity index is 660. The smallest absolute Gasteiger partial charge is 0.253 e. The van der Waals surface area contributed by atoms with Crippen LogP contribution in [0.1, 0.15) is 17.7 Å². The van der Waals surface area contributed by atoms with E-state index in [0.717, 1.165) is 11.3 Å². The third kappa shape index (κ3) is 3.18. The molecule has 1 atom stereocenters. The van der Waals surface area contributed by atoms with Crippen LogP contribution in [-0.4, -0.2) is 33.1 Å². The first-order chi connectivity index (χ1) is 10.6. The van der Waals surface area contributed by atoms with Crippen molar-refractivity contribution in [3.8, 4) is 11.5 Å². The van der Waals surface area contributed by atoms with E-state index >= 15 is 0 Å². The van der Waals surface area contributed by atoms with Gasteiger partial charge in [-0.15, -0.1) is 0 Å². The summed E-state index contributed by atoms with van der Waals surface area (Å²) in [5.41, 5.74) is 1.46. The molecule has 6 heteroatoms. The van der Waals surface area contributed by atoms with E-state index in [1.165, 1.54) is 11.8 Å². The van der Waals surface area contributed by atoms with Crippen molar-refractivity contribution in [2.75, 3.05) is 11.5 Å². The molecule has 1 aliphatic rings. The maximum atomic E-state index is 12.0. The molecule has 0 radical (unpaired) electrons. The van der Waals surface area contributed by atoms with E-state index in [1.807, 2.05) is 31.2 Å². The molecule has 3 rings (SSSR count). The molecule has 1 fully saturated rings. The Morgan fingerprint density at radius 2 is 2.23 bits per heavy atom. The Labute approximate surface area is 133 Å². The molecule has 1 amide bonds. The van der Waals surface area contributed by atoms with Crippen molar-refractivity contribution < 1.29 is 14.3 Å². The molecule has 1 aromatic heterocycles. The van der Waals surface area contributed by atoms with Gasteiger partial charge in [-0.3, -0.25) is 4.79 Å². The fourth-order valence-corrected chi connectivity index (χ4v) is 3.53. The highest BCUT2D eigenvalue weighted by Crippen LogP contribution is 2.28. The van der Waals surface area contributed by atoms with Crippen LogP contribution in [0.15, 0.2) is 34.9 Å². The molecular weight excluding hydrogens is 300 g/mol. The van der Waals surface area contributed by atoms with Crippen molar-refractivity contribution in [2.45, 2.75) is 25.5 Å². The maximum absolute atomic E-state index is 12.0. The summed E-state index contributed by atoms with van der Waals surface area (Å²) in [6, 6.07) is 7.88. The molecule has 1 unspecified atom stereocenters. The number of oxazole rings is 1. The number of carbonyl (C=O) groups excluding carboxylic acids is 1. The van der Waals surface area contributed by atoms with Crippen LogP contribution in [0, 0.1) is 6.92 Å². The first-order valence-corrected chi connectivity index (χ1v) is 8.32. The highest BCUT2D eigenvalue weighted by molar-refractivity contribution is 7.99. The van der Waals surface area contributed by atoms with E-state index in [1.54, 1.807) is 11.8 Å². The number of hydrogen-bond donors (Lipinski definition) is 2. The van der Waals surface area contributed by atoms with Crippen LogP contribution >= 0.6 is 11.8 Å². The average molecular weight is 318 g/mol. The van der Waals surface area contributed by atoms with Gasteiger partial charge in [-0.05, 0) is 31.2 Å². The number of rotatable bonds is 4. The Balaban J connectivity index is 1.62. The monoisotopic (exact) mass is 318 g/mol. The van der Waals surface area contributed by atoms with Crippen LogP contribution in [0.5, 0.6) is 0 Å². The summed E-state index contributed by atoms with van der Waals surface area (Å²) in [7, 11) is 0. The molecule has 116 valence electrons. The molecule has 1 saturated heterocycles. The number of nitrogens with one attached hydrogen (secondary N) is 1. The van der Waals surface area contributed by atoms with Crippen molar-refractivity contribution in [2.24, 2.45) is 0 Å². The topological polar surface area (TPSA) is 75.4 Å². The van der Waals surface area contributed by atoms with Gasteiger partial charge >= 0.3 is 0 Å². The SMILES string of the molecule is Cc1ccc(-c2nc(CNC(=O)C3(O)CCSC3)co2)cc1. The lowest BCUT2D eigenvalue weighted by molar-refractivity contribution is -0.137. The molecule has 22 heavy (non-hydrogen) atoms. The van der Waals surface area contributed by atoms with Gasteiger partial charge in [0.1, 0.15) is 6.26 Å². The van der Waals surface area contributed by atoms with E-state index in [0.29, 0.717) is 23.8 Å². The lowest BCUT2D eigenvalue weighted by atomic mass is 10.0. The highest BCUT2D eigenvalue weighted by Gasteiger charge is 2.39. The van der Waals surface area contributed by atoms with Crippen LogP contribution < -0.4 is 5.32 Å². The zero-order valence-corrected chi connectivity index (χ0v) is 13.2. The molecular formula is C16H18N2O3S. The third-order valence-corrected chi connectivity index (χ3v) is 4.88. The second-order valence-corrected chi connectivity index (χ2v) is 6.63. The second-order valence-electron chi connectivity index (χ2n) is 5.53. The fraction of sp³-hybridized carbons (Fsp3) is 0.375. The van der Waals surface area contributed by atoms with Gasteiger partial charge in [0.2, 0.25) is 5.89 Å². The Kier molecular flexibility index (Phi) is 4.22. The molecule has 2 aromatic rings. The van der Waals surface area contributed by atoms with Crippen LogP contribution in [0.2, 0.25) is 0 Å². The molecule has 0 bridgehead atoms. The van der Waals surface area contributed by atoms with Gasteiger partial charge in [-0.2, -0.15) is 11.8 Å². The van der Waals surface area contributed by atoms with Crippen LogP contribution in [0.3, 0.4) is 0 Å². The molecule has 1 aromatic carbocycles. The third-order valence-electron chi connectivity index (χ3n) is 3.70. The molecule has 0 aliphatic carbocycles. The number of amides is 1. The summed E-state index contributed by atoms with van der Waals surface area (Å²) in [4.78, 5) is 16.4. The van der Waals surface area contributed by atoms with Crippen LogP contribution in [-0.2, 0) is 11.3 Å². The van der Waals surface area contributed by atoms with E-state index in [9.17, 15) is 9.90 Å². The van der Waals surface area contributed by atoms with Gasteiger partial charge in [0.15, 0.2) is 5.60 Å². The minimum absolute atomic E-state index is 0.251. The second kappa shape index (κ2) is 6.14.